The van der Waals surface area contributed by atoms with Gasteiger partial charge in [-0.05, 0) is 48.5 Å². The Morgan fingerprint density at radius 3 is 1.71 bits per heavy atom. The van der Waals surface area contributed by atoms with Gasteiger partial charge in [0.15, 0.2) is 0 Å². The minimum Gasteiger partial charge on any atom is -0.497 e. The number of azo groups is 1. The Morgan fingerprint density at radius 1 is 0.905 bits per heavy atom. The van der Waals surface area contributed by atoms with Crippen LogP contribution < -0.4 is 4.74 Å². The first-order valence-corrected chi connectivity index (χ1v) is 7.06. The van der Waals surface area contributed by atoms with Crippen molar-refractivity contribution in [3.8, 4) is 5.75 Å². The smallest absolute Gasteiger partial charge is 0.294 e. The normalized spacial score (nSPS) is 11.1. The van der Waals surface area contributed by atoms with E-state index in [0.717, 1.165) is 5.75 Å². The molecule has 0 spiro atoms. The monoisotopic (exact) mass is 315 g/mol. The molecular weight excluding hydrogens is 303 g/mol. The number of benzene rings is 2. The quantitative estimate of drug-likeness (QED) is 0.533. The molecule has 21 heavy (non-hydrogen) atoms. The van der Waals surface area contributed by atoms with Crippen molar-refractivity contribution in [2.45, 2.75) is 4.90 Å². The Kier molecular flexibility index (Phi) is 6.50. The van der Waals surface area contributed by atoms with Gasteiger partial charge < -0.3 is 4.74 Å². The van der Waals surface area contributed by atoms with Crippen molar-refractivity contribution in [1.29, 1.82) is 0 Å². The predicted molar refractivity (Wildman–Crippen MR) is 79.2 cm³/mol. The zero-order valence-electron chi connectivity index (χ0n) is 11.6. The van der Waals surface area contributed by atoms with Crippen LogP contribution in [-0.4, -0.2) is 49.6 Å². The molecule has 0 saturated carbocycles. The molecule has 2 aromatic carbocycles. The summed E-state index contributed by atoms with van der Waals surface area (Å²) in [6.45, 7) is 0. The summed E-state index contributed by atoms with van der Waals surface area (Å²) in [6.07, 6.45) is 0. The zero-order chi connectivity index (χ0) is 14.6. The van der Waals surface area contributed by atoms with Gasteiger partial charge in [0.05, 0.1) is 23.4 Å². The molecular formula is C13H12N2NaO4S. The topological polar surface area (TPSA) is 88.3 Å². The Labute approximate surface area is 144 Å². The van der Waals surface area contributed by atoms with E-state index in [1.807, 2.05) is 0 Å². The third-order valence-electron chi connectivity index (χ3n) is 2.49. The average molecular weight is 315 g/mol. The molecule has 0 atom stereocenters. The fourth-order valence-corrected chi connectivity index (χ4v) is 1.93. The SMILES string of the molecule is COc1ccc(N=Nc2ccc(S(=O)(=O)O)cc2)cc1.[Na]. The van der Waals surface area contributed by atoms with Crippen molar-refractivity contribution >= 4 is 51.1 Å². The summed E-state index contributed by atoms with van der Waals surface area (Å²) in [7, 11) is -2.60. The van der Waals surface area contributed by atoms with Crippen LogP contribution in [0.4, 0.5) is 11.4 Å². The Bertz CT molecular complexity index is 713. The van der Waals surface area contributed by atoms with Crippen molar-refractivity contribution in [3.63, 3.8) is 0 Å². The second-order valence-corrected chi connectivity index (χ2v) is 5.29. The Morgan fingerprint density at radius 2 is 1.33 bits per heavy atom. The standard InChI is InChI=1S/C13H12N2O4S.Na/c1-19-12-6-2-10(3-7-12)14-15-11-4-8-13(9-5-11)20(16,17)18;/h2-9H,1H3,(H,16,17,18);. The molecule has 0 unspecified atom stereocenters. The van der Waals surface area contributed by atoms with Gasteiger partial charge in [0.25, 0.3) is 10.1 Å². The van der Waals surface area contributed by atoms with E-state index in [0.29, 0.717) is 11.4 Å². The largest absolute Gasteiger partial charge is 0.497 e. The van der Waals surface area contributed by atoms with Crippen LogP contribution in [0.25, 0.3) is 0 Å². The van der Waals surface area contributed by atoms with E-state index in [1.165, 1.54) is 24.3 Å². The second-order valence-electron chi connectivity index (χ2n) is 3.87. The van der Waals surface area contributed by atoms with Crippen molar-refractivity contribution in [2.24, 2.45) is 10.2 Å². The van der Waals surface area contributed by atoms with Gasteiger partial charge in [-0.3, -0.25) is 4.55 Å². The maximum Gasteiger partial charge on any atom is 0.294 e. The molecule has 1 radical (unpaired) electrons. The van der Waals surface area contributed by atoms with Crippen molar-refractivity contribution in [1.82, 2.24) is 0 Å². The summed E-state index contributed by atoms with van der Waals surface area (Å²) in [5.41, 5.74) is 1.12. The van der Waals surface area contributed by atoms with E-state index in [9.17, 15) is 8.42 Å². The zero-order valence-corrected chi connectivity index (χ0v) is 14.4. The van der Waals surface area contributed by atoms with Gasteiger partial charge >= 0.3 is 0 Å². The molecule has 0 fully saturated rings. The minimum atomic E-state index is -4.18. The van der Waals surface area contributed by atoms with Gasteiger partial charge in [0, 0.05) is 29.6 Å². The third kappa shape index (κ3) is 5.22. The van der Waals surface area contributed by atoms with Crippen LogP contribution in [0.2, 0.25) is 0 Å². The van der Waals surface area contributed by atoms with Gasteiger partial charge in [-0.15, -0.1) is 0 Å². The molecule has 1 N–H and O–H groups in total. The van der Waals surface area contributed by atoms with Gasteiger partial charge in [0.2, 0.25) is 0 Å². The molecule has 0 amide bonds. The molecule has 6 nitrogen and oxygen atoms in total. The van der Waals surface area contributed by atoms with Crippen LogP contribution >= 0.6 is 0 Å². The summed E-state index contributed by atoms with van der Waals surface area (Å²) in [5.74, 6) is 0.724. The van der Waals surface area contributed by atoms with E-state index in [1.54, 1.807) is 31.4 Å². The minimum absolute atomic E-state index is 0. The Balaban J connectivity index is 0.00000220. The average Bonchev–Trinajstić information content (AvgIpc) is 2.45. The van der Waals surface area contributed by atoms with Crippen LogP contribution in [0.15, 0.2) is 63.7 Å². The van der Waals surface area contributed by atoms with Gasteiger partial charge in [-0.1, -0.05) is 0 Å². The molecule has 0 aliphatic heterocycles. The van der Waals surface area contributed by atoms with Crippen LogP contribution in [0.3, 0.4) is 0 Å². The first kappa shape index (κ1) is 17.8. The molecule has 0 aromatic heterocycles. The predicted octanol–water partition coefficient (Wildman–Crippen LogP) is 2.98. The van der Waals surface area contributed by atoms with Crippen LogP contribution in [0.5, 0.6) is 5.75 Å². The van der Waals surface area contributed by atoms with E-state index < -0.39 is 10.1 Å². The Hall–Kier alpha value is -1.25. The molecule has 0 bridgehead atoms. The van der Waals surface area contributed by atoms with E-state index in [-0.39, 0.29) is 34.5 Å². The van der Waals surface area contributed by atoms with Crippen LogP contribution in [0.1, 0.15) is 0 Å². The van der Waals surface area contributed by atoms with Crippen molar-refractivity contribution < 1.29 is 17.7 Å². The van der Waals surface area contributed by atoms with E-state index in [4.69, 9.17) is 9.29 Å². The summed E-state index contributed by atoms with van der Waals surface area (Å²) >= 11 is 0. The maximum absolute atomic E-state index is 10.9. The molecule has 0 aliphatic carbocycles. The van der Waals surface area contributed by atoms with Gasteiger partial charge in [0.1, 0.15) is 5.75 Å². The molecule has 8 heteroatoms. The first-order valence-electron chi connectivity index (χ1n) is 5.62. The number of methoxy groups -OCH3 is 1. The number of ether oxygens (including phenoxy) is 1. The van der Waals surface area contributed by atoms with Crippen LogP contribution in [-0.2, 0) is 10.1 Å². The molecule has 2 aromatic rings. The molecule has 0 saturated heterocycles. The number of nitrogens with zero attached hydrogens (tertiary/aromatic N) is 2. The third-order valence-corrected chi connectivity index (χ3v) is 3.36. The van der Waals surface area contributed by atoms with Crippen LogP contribution in [0, 0.1) is 0 Å². The molecule has 105 valence electrons. The molecule has 0 aliphatic rings. The van der Waals surface area contributed by atoms with Gasteiger partial charge in [-0.2, -0.15) is 18.6 Å². The summed E-state index contributed by atoms with van der Waals surface area (Å²) in [6, 6.07) is 12.4. The number of rotatable bonds is 4. The van der Waals surface area contributed by atoms with Gasteiger partial charge in [-0.25, -0.2) is 0 Å². The molecule has 2 rings (SSSR count). The molecule has 0 heterocycles. The maximum atomic E-state index is 10.9. The number of hydrogen-bond donors (Lipinski definition) is 1. The van der Waals surface area contributed by atoms with Crippen molar-refractivity contribution in [3.05, 3.63) is 48.5 Å². The van der Waals surface area contributed by atoms with E-state index in [2.05, 4.69) is 10.2 Å². The first-order chi connectivity index (χ1) is 9.49. The summed E-state index contributed by atoms with van der Waals surface area (Å²) in [4.78, 5) is -0.180. The number of hydrogen-bond acceptors (Lipinski definition) is 5. The second kappa shape index (κ2) is 7.67. The fraction of sp³-hybridized carbons (Fsp3) is 0.0769. The van der Waals surface area contributed by atoms with Crippen molar-refractivity contribution in [2.75, 3.05) is 7.11 Å². The summed E-state index contributed by atoms with van der Waals surface area (Å²) in [5, 5.41) is 7.96. The van der Waals surface area contributed by atoms with E-state index >= 15 is 0 Å². The fourth-order valence-electron chi connectivity index (χ4n) is 1.45. The summed E-state index contributed by atoms with van der Waals surface area (Å²) < 4.78 is 35.6.